The van der Waals surface area contributed by atoms with Gasteiger partial charge in [0, 0.05) is 29.0 Å². The summed E-state index contributed by atoms with van der Waals surface area (Å²) in [5.74, 6) is 0.0878. The lowest BCUT2D eigenvalue weighted by molar-refractivity contribution is -0.384. The van der Waals surface area contributed by atoms with Gasteiger partial charge >= 0.3 is 0 Å². The van der Waals surface area contributed by atoms with E-state index in [4.69, 9.17) is 16.3 Å². The molecule has 0 aliphatic rings. The minimum Gasteiger partial charge on any atom is -0.494 e. The highest BCUT2D eigenvalue weighted by Gasteiger charge is 2.17. The minimum atomic E-state index is -0.603. The molecule has 31 heavy (non-hydrogen) atoms. The first-order chi connectivity index (χ1) is 15.0. The molecule has 0 aliphatic carbocycles. The van der Waals surface area contributed by atoms with Crippen molar-refractivity contribution < 1.29 is 14.5 Å². The van der Waals surface area contributed by atoms with Gasteiger partial charge in [-0.15, -0.1) is 0 Å². The van der Waals surface area contributed by atoms with Crippen LogP contribution in [-0.4, -0.2) is 22.4 Å². The second-order valence-electron chi connectivity index (χ2n) is 6.62. The topological polar surface area (TPSA) is 106 Å². The van der Waals surface area contributed by atoms with Gasteiger partial charge in [0.05, 0.1) is 38.8 Å². The molecule has 3 aromatic carbocycles. The van der Waals surface area contributed by atoms with Crippen LogP contribution in [0.1, 0.15) is 17.3 Å². The number of halogens is 1. The number of carbonyl (C=O) groups is 1. The molecule has 1 heterocycles. The van der Waals surface area contributed by atoms with E-state index in [9.17, 15) is 14.9 Å². The Morgan fingerprint density at radius 3 is 2.65 bits per heavy atom. The highest BCUT2D eigenvalue weighted by molar-refractivity contribution is 6.34. The van der Waals surface area contributed by atoms with Crippen LogP contribution in [0.3, 0.4) is 0 Å². The molecule has 8 nitrogen and oxygen atoms in total. The quantitative estimate of drug-likeness (QED) is 0.247. The van der Waals surface area contributed by atoms with Crippen LogP contribution in [0.4, 0.5) is 11.4 Å². The number of amides is 1. The molecule has 0 spiro atoms. The van der Waals surface area contributed by atoms with E-state index in [0.717, 1.165) is 22.4 Å². The number of fused-ring (bicyclic) bond motifs is 2. The maximum atomic E-state index is 12.7. The molecule has 0 saturated carbocycles. The lowest BCUT2D eigenvalue weighted by Gasteiger charge is -2.15. The first-order valence-electron chi connectivity index (χ1n) is 9.43. The average Bonchev–Trinajstić information content (AvgIpc) is 2.76. The van der Waals surface area contributed by atoms with Crippen molar-refractivity contribution >= 4 is 50.7 Å². The SMILES string of the molecule is CCOc1ccc2c(NNC(=O)c3cc([N+](=O)[O-])ccc3Cl)c3ccccc3nc2c1. The van der Waals surface area contributed by atoms with Crippen LogP contribution in [0.2, 0.25) is 5.02 Å². The number of pyridine rings is 1. The van der Waals surface area contributed by atoms with Crippen LogP contribution >= 0.6 is 11.6 Å². The Labute approximate surface area is 181 Å². The van der Waals surface area contributed by atoms with Crippen LogP contribution < -0.4 is 15.6 Å². The number of para-hydroxylation sites is 1. The van der Waals surface area contributed by atoms with Crippen LogP contribution in [0.25, 0.3) is 21.8 Å². The van der Waals surface area contributed by atoms with E-state index in [0.29, 0.717) is 23.6 Å². The van der Waals surface area contributed by atoms with Gasteiger partial charge in [0.2, 0.25) is 0 Å². The van der Waals surface area contributed by atoms with Crippen molar-refractivity contribution in [2.45, 2.75) is 6.92 Å². The first-order valence-corrected chi connectivity index (χ1v) is 9.81. The number of hydrazine groups is 1. The summed E-state index contributed by atoms with van der Waals surface area (Å²) >= 11 is 6.08. The van der Waals surface area contributed by atoms with Crippen molar-refractivity contribution in [3.05, 3.63) is 81.4 Å². The molecule has 1 amide bonds. The second-order valence-corrected chi connectivity index (χ2v) is 7.02. The fraction of sp³-hybridized carbons (Fsp3) is 0.0909. The zero-order valence-electron chi connectivity index (χ0n) is 16.4. The number of ether oxygens (including phenoxy) is 1. The van der Waals surface area contributed by atoms with Gasteiger partial charge in [-0.25, -0.2) is 4.98 Å². The number of nitro groups is 1. The summed E-state index contributed by atoms with van der Waals surface area (Å²) in [5.41, 5.74) is 7.36. The Morgan fingerprint density at radius 2 is 1.87 bits per heavy atom. The lowest BCUT2D eigenvalue weighted by Crippen LogP contribution is -2.30. The monoisotopic (exact) mass is 436 g/mol. The third-order valence-electron chi connectivity index (χ3n) is 4.67. The van der Waals surface area contributed by atoms with Crippen molar-refractivity contribution in [1.29, 1.82) is 0 Å². The van der Waals surface area contributed by atoms with E-state index in [1.807, 2.05) is 49.4 Å². The summed E-state index contributed by atoms with van der Waals surface area (Å²) in [7, 11) is 0. The molecular weight excluding hydrogens is 420 g/mol. The Bertz CT molecular complexity index is 1330. The van der Waals surface area contributed by atoms with Crippen molar-refractivity contribution in [2.75, 3.05) is 12.0 Å². The summed E-state index contributed by atoms with van der Waals surface area (Å²) < 4.78 is 5.57. The van der Waals surface area contributed by atoms with Crippen LogP contribution in [-0.2, 0) is 0 Å². The number of nitrogens with one attached hydrogen (secondary N) is 2. The van der Waals surface area contributed by atoms with Crippen molar-refractivity contribution in [2.24, 2.45) is 0 Å². The molecule has 0 saturated heterocycles. The molecule has 0 bridgehead atoms. The molecule has 0 atom stereocenters. The average molecular weight is 437 g/mol. The fourth-order valence-corrected chi connectivity index (χ4v) is 3.45. The molecule has 4 aromatic rings. The summed E-state index contributed by atoms with van der Waals surface area (Å²) in [6, 6.07) is 16.7. The molecule has 156 valence electrons. The zero-order chi connectivity index (χ0) is 22.0. The van der Waals surface area contributed by atoms with E-state index >= 15 is 0 Å². The van der Waals surface area contributed by atoms with Crippen LogP contribution in [0.15, 0.2) is 60.7 Å². The summed E-state index contributed by atoms with van der Waals surface area (Å²) in [5, 5.41) is 12.7. The van der Waals surface area contributed by atoms with Gasteiger partial charge in [-0.05, 0) is 31.2 Å². The number of benzene rings is 3. The predicted molar refractivity (Wildman–Crippen MR) is 120 cm³/mol. The van der Waals surface area contributed by atoms with Crippen LogP contribution in [0.5, 0.6) is 5.75 Å². The number of anilines is 1. The number of nitro benzene ring substituents is 1. The zero-order valence-corrected chi connectivity index (χ0v) is 17.1. The van der Waals surface area contributed by atoms with Gasteiger partial charge in [-0.1, -0.05) is 29.8 Å². The Balaban J connectivity index is 1.72. The summed E-state index contributed by atoms with van der Waals surface area (Å²) in [4.78, 5) is 27.8. The van der Waals surface area contributed by atoms with Crippen molar-refractivity contribution in [1.82, 2.24) is 10.4 Å². The fourth-order valence-electron chi connectivity index (χ4n) is 3.25. The Hall–Kier alpha value is -3.91. The van der Waals surface area contributed by atoms with Gasteiger partial charge in [-0.2, -0.15) is 0 Å². The van der Waals surface area contributed by atoms with Gasteiger partial charge in [0.15, 0.2) is 0 Å². The summed E-state index contributed by atoms with van der Waals surface area (Å²) in [6.07, 6.45) is 0. The molecule has 0 radical (unpaired) electrons. The smallest absolute Gasteiger partial charge is 0.271 e. The molecule has 2 N–H and O–H groups in total. The number of carbonyl (C=O) groups excluding carboxylic acids is 1. The molecule has 0 unspecified atom stereocenters. The Morgan fingerprint density at radius 1 is 1.10 bits per heavy atom. The third kappa shape index (κ3) is 4.06. The molecular formula is C22H17ClN4O4. The van der Waals surface area contributed by atoms with Gasteiger partial charge in [0.1, 0.15) is 5.75 Å². The van der Waals surface area contributed by atoms with Gasteiger partial charge in [-0.3, -0.25) is 25.8 Å². The van der Waals surface area contributed by atoms with E-state index in [-0.39, 0.29) is 16.3 Å². The molecule has 0 fully saturated rings. The first kappa shape index (κ1) is 20.4. The molecule has 4 rings (SSSR count). The van der Waals surface area contributed by atoms with Gasteiger partial charge in [0.25, 0.3) is 11.6 Å². The Kier molecular flexibility index (Phi) is 5.55. The lowest BCUT2D eigenvalue weighted by atomic mass is 10.1. The number of nitrogens with zero attached hydrogens (tertiary/aromatic N) is 2. The predicted octanol–water partition coefficient (Wildman–Crippen LogP) is 5.11. The van der Waals surface area contributed by atoms with E-state index in [1.165, 1.54) is 12.1 Å². The number of hydrogen-bond acceptors (Lipinski definition) is 6. The summed E-state index contributed by atoms with van der Waals surface area (Å²) in [6.45, 7) is 2.43. The third-order valence-corrected chi connectivity index (χ3v) is 5.00. The van der Waals surface area contributed by atoms with Crippen molar-refractivity contribution in [3.63, 3.8) is 0 Å². The van der Waals surface area contributed by atoms with E-state index in [2.05, 4.69) is 15.8 Å². The maximum Gasteiger partial charge on any atom is 0.271 e. The normalized spacial score (nSPS) is 10.8. The number of hydrogen-bond donors (Lipinski definition) is 2. The van der Waals surface area contributed by atoms with E-state index in [1.54, 1.807) is 0 Å². The van der Waals surface area contributed by atoms with E-state index < -0.39 is 10.8 Å². The van der Waals surface area contributed by atoms with Crippen LogP contribution in [0, 0.1) is 10.1 Å². The standard InChI is InChI=1S/C22H17ClN4O4/c1-2-31-14-8-9-16-20(12-14)24-19-6-4-3-5-15(19)21(16)25-26-22(28)17-11-13(27(29)30)7-10-18(17)23/h3-12H,2H2,1H3,(H,24,25)(H,26,28). The number of non-ortho nitro benzene ring substituents is 1. The maximum absolute atomic E-state index is 12.7. The highest BCUT2D eigenvalue weighted by atomic mass is 35.5. The molecule has 9 heteroatoms. The second kappa shape index (κ2) is 8.45. The van der Waals surface area contributed by atoms with Crippen molar-refractivity contribution in [3.8, 4) is 5.75 Å². The number of aromatic nitrogens is 1. The molecule has 0 aliphatic heterocycles. The highest BCUT2D eigenvalue weighted by Crippen LogP contribution is 2.32. The van der Waals surface area contributed by atoms with Gasteiger partial charge < -0.3 is 4.74 Å². The largest absolute Gasteiger partial charge is 0.494 e. The number of rotatable bonds is 6. The minimum absolute atomic E-state index is 0.00957. The molecule has 1 aromatic heterocycles.